The van der Waals surface area contributed by atoms with E-state index in [1.54, 1.807) is 28.0 Å². The van der Waals surface area contributed by atoms with Gasteiger partial charge in [0.2, 0.25) is 0 Å². The number of para-hydroxylation sites is 1. The predicted octanol–water partition coefficient (Wildman–Crippen LogP) is 3.60. The van der Waals surface area contributed by atoms with Gasteiger partial charge in [0.15, 0.2) is 0 Å². The lowest BCUT2D eigenvalue weighted by Gasteiger charge is -2.25. The van der Waals surface area contributed by atoms with Crippen LogP contribution in [0.2, 0.25) is 0 Å². The number of benzene rings is 1. The minimum absolute atomic E-state index is 0.0806. The monoisotopic (exact) mass is 338 g/mol. The third kappa shape index (κ3) is 3.52. The molecule has 8 heteroatoms. The van der Waals surface area contributed by atoms with Crippen LogP contribution in [0, 0.1) is 0 Å². The van der Waals surface area contributed by atoms with E-state index in [-0.39, 0.29) is 11.7 Å². The molecule has 1 saturated heterocycles. The van der Waals surface area contributed by atoms with Crippen molar-refractivity contribution in [3.63, 3.8) is 0 Å². The van der Waals surface area contributed by atoms with Crippen LogP contribution >= 0.6 is 0 Å². The number of urea groups is 1. The molecule has 0 aliphatic carbocycles. The number of aromatic nitrogens is 2. The van der Waals surface area contributed by atoms with E-state index in [4.69, 9.17) is 0 Å². The maximum absolute atomic E-state index is 13.0. The van der Waals surface area contributed by atoms with Crippen LogP contribution in [0.15, 0.2) is 42.7 Å². The Kier molecular flexibility index (Phi) is 4.46. The largest absolute Gasteiger partial charge is 0.418 e. The highest BCUT2D eigenvalue weighted by molar-refractivity contribution is 5.90. The molecule has 1 N–H and O–H groups in total. The van der Waals surface area contributed by atoms with E-state index in [1.807, 2.05) is 0 Å². The molecule has 128 valence electrons. The maximum atomic E-state index is 13.0. The van der Waals surface area contributed by atoms with Gasteiger partial charge >= 0.3 is 12.2 Å². The topological polar surface area (TPSA) is 50.2 Å². The first-order valence-electron chi connectivity index (χ1n) is 7.66. The van der Waals surface area contributed by atoms with Gasteiger partial charge < -0.3 is 10.2 Å². The maximum Gasteiger partial charge on any atom is 0.418 e. The first-order valence-corrected chi connectivity index (χ1v) is 7.66. The third-order valence-corrected chi connectivity index (χ3v) is 4.07. The average molecular weight is 338 g/mol. The number of nitrogens with one attached hydrogen (secondary N) is 1. The molecule has 2 heterocycles. The van der Waals surface area contributed by atoms with Crippen LogP contribution in [-0.4, -0.2) is 33.3 Å². The van der Waals surface area contributed by atoms with Crippen molar-refractivity contribution in [2.24, 2.45) is 0 Å². The van der Waals surface area contributed by atoms with Gasteiger partial charge in [0.25, 0.3) is 0 Å². The Labute approximate surface area is 137 Å². The van der Waals surface area contributed by atoms with Crippen molar-refractivity contribution < 1.29 is 18.0 Å². The van der Waals surface area contributed by atoms with Gasteiger partial charge in [-0.1, -0.05) is 12.1 Å². The lowest BCUT2D eigenvalue weighted by molar-refractivity contribution is -0.136. The zero-order valence-corrected chi connectivity index (χ0v) is 12.8. The SMILES string of the molecule is O=C(Nc1ccccc1C(F)(F)F)N1CCCC1Cn1cccn1. The molecule has 1 aromatic carbocycles. The second-order valence-electron chi connectivity index (χ2n) is 5.69. The number of carbonyl (C=O) groups excluding carboxylic acids is 1. The number of hydrogen-bond donors (Lipinski definition) is 1. The van der Waals surface area contributed by atoms with Crippen molar-refractivity contribution in [3.8, 4) is 0 Å². The molecule has 0 saturated carbocycles. The molecule has 3 rings (SSSR count). The summed E-state index contributed by atoms with van der Waals surface area (Å²) in [7, 11) is 0. The van der Waals surface area contributed by atoms with Gasteiger partial charge in [-0.05, 0) is 31.0 Å². The number of halogens is 3. The summed E-state index contributed by atoms with van der Waals surface area (Å²) in [5.41, 5.74) is -1.07. The summed E-state index contributed by atoms with van der Waals surface area (Å²) in [5.74, 6) is 0. The molecule has 5 nitrogen and oxygen atoms in total. The zero-order valence-electron chi connectivity index (χ0n) is 12.8. The lowest BCUT2D eigenvalue weighted by atomic mass is 10.1. The molecule has 0 radical (unpaired) electrons. The first kappa shape index (κ1) is 16.4. The first-order chi connectivity index (χ1) is 11.4. The smallest absolute Gasteiger partial charge is 0.320 e. The molecule has 0 bridgehead atoms. The van der Waals surface area contributed by atoms with Crippen LogP contribution < -0.4 is 5.32 Å². The summed E-state index contributed by atoms with van der Waals surface area (Å²) in [6.07, 6.45) is 0.560. The summed E-state index contributed by atoms with van der Waals surface area (Å²) in [5, 5.41) is 6.52. The van der Waals surface area contributed by atoms with Crippen LogP contribution in [0.4, 0.5) is 23.7 Å². The Hall–Kier alpha value is -2.51. The quantitative estimate of drug-likeness (QED) is 0.930. The number of carbonyl (C=O) groups is 1. The van der Waals surface area contributed by atoms with Gasteiger partial charge in [-0.25, -0.2) is 4.79 Å². The molecular formula is C16H17F3N4O. The van der Waals surface area contributed by atoms with Gasteiger partial charge in [-0.2, -0.15) is 18.3 Å². The number of hydrogen-bond acceptors (Lipinski definition) is 2. The fourth-order valence-corrected chi connectivity index (χ4v) is 2.94. The fourth-order valence-electron chi connectivity index (χ4n) is 2.94. The summed E-state index contributed by atoms with van der Waals surface area (Å²) < 4.78 is 40.8. The van der Waals surface area contributed by atoms with E-state index in [9.17, 15) is 18.0 Å². The molecule has 0 spiro atoms. The van der Waals surface area contributed by atoms with Gasteiger partial charge in [0.05, 0.1) is 23.8 Å². The van der Waals surface area contributed by atoms with Crippen LogP contribution in [0.1, 0.15) is 18.4 Å². The van der Waals surface area contributed by atoms with E-state index >= 15 is 0 Å². The van der Waals surface area contributed by atoms with Crippen LogP contribution in [0.3, 0.4) is 0 Å². The van der Waals surface area contributed by atoms with E-state index < -0.39 is 17.8 Å². The van der Waals surface area contributed by atoms with Crippen molar-refractivity contribution in [1.29, 1.82) is 0 Å². The third-order valence-electron chi connectivity index (χ3n) is 4.07. The standard InChI is InChI=1S/C16H17F3N4O/c17-16(18,19)13-6-1-2-7-14(13)21-15(24)23-10-3-5-12(23)11-22-9-4-8-20-22/h1-2,4,6-9,12H,3,5,10-11H2,(H,21,24). The Morgan fingerprint density at radius 3 is 2.79 bits per heavy atom. The van der Waals surface area contributed by atoms with Crippen LogP contribution in [-0.2, 0) is 12.7 Å². The molecule has 1 aliphatic heterocycles. The Morgan fingerprint density at radius 2 is 2.08 bits per heavy atom. The number of nitrogens with zero attached hydrogens (tertiary/aromatic N) is 3. The van der Waals surface area contributed by atoms with Gasteiger partial charge in [-0.3, -0.25) is 4.68 Å². The molecule has 1 atom stereocenters. The summed E-state index contributed by atoms with van der Waals surface area (Å²) in [6, 6.07) is 6.19. The highest BCUT2D eigenvalue weighted by Gasteiger charge is 2.35. The summed E-state index contributed by atoms with van der Waals surface area (Å²) in [4.78, 5) is 14.0. The van der Waals surface area contributed by atoms with Gasteiger partial charge in [0.1, 0.15) is 0 Å². The van der Waals surface area contributed by atoms with E-state index in [0.29, 0.717) is 13.1 Å². The molecule has 24 heavy (non-hydrogen) atoms. The van der Waals surface area contributed by atoms with Crippen LogP contribution in [0.5, 0.6) is 0 Å². The summed E-state index contributed by atoms with van der Waals surface area (Å²) in [6.45, 7) is 1.05. The van der Waals surface area contributed by atoms with E-state index in [1.165, 1.54) is 18.2 Å². The highest BCUT2D eigenvalue weighted by Crippen LogP contribution is 2.35. The zero-order chi connectivity index (χ0) is 17.2. The lowest BCUT2D eigenvalue weighted by Crippen LogP contribution is -2.41. The summed E-state index contributed by atoms with van der Waals surface area (Å²) >= 11 is 0. The minimum atomic E-state index is -4.51. The second-order valence-corrected chi connectivity index (χ2v) is 5.69. The normalized spacial score (nSPS) is 18.0. The van der Waals surface area contributed by atoms with Crippen molar-refractivity contribution in [2.45, 2.75) is 31.6 Å². The average Bonchev–Trinajstić information content (AvgIpc) is 3.19. The van der Waals surface area contributed by atoms with Crippen molar-refractivity contribution in [3.05, 3.63) is 48.3 Å². The molecule has 1 aromatic heterocycles. The number of rotatable bonds is 3. The number of likely N-dealkylation sites (tertiary alicyclic amines) is 1. The minimum Gasteiger partial charge on any atom is -0.320 e. The second kappa shape index (κ2) is 6.54. The molecule has 1 unspecified atom stereocenters. The number of amides is 2. The Balaban J connectivity index is 1.73. The molecule has 2 amide bonds. The number of anilines is 1. The fraction of sp³-hybridized carbons (Fsp3) is 0.375. The molecule has 1 aliphatic rings. The van der Waals surface area contributed by atoms with Crippen molar-refractivity contribution >= 4 is 11.7 Å². The van der Waals surface area contributed by atoms with Gasteiger partial charge in [-0.15, -0.1) is 0 Å². The molecule has 1 fully saturated rings. The Morgan fingerprint density at radius 1 is 1.29 bits per heavy atom. The van der Waals surface area contributed by atoms with E-state index in [2.05, 4.69) is 10.4 Å². The van der Waals surface area contributed by atoms with Gasteiger partial charge in [0, 0.05) is 18.9 Å². The van der Waals surface area contributed by atoms with E-state index in [0.717, 1.165) is 18.9 Å². The molecular weight excluding hydrogens is 321 g/mol. The van der Waals surface area contributed by atoms with Crippen LogP contribution in [0.25, 0.3) is 0 Å². The molecule has 2 aromatic rings. The highest BCUT2D eigenvalue weighted by atomic mass is 19.4. The van der Waals surface area contributed by atoms with Crippen molar-refractivity contribution in [1.82, 2.24) is 14.7 Å². The predicted molar refractivity (Wildman–Crippen MR) is 82.4 cm³/mol. The Bertz CT molecular complexity index is 700. The van der Waals surface area contributed by atoms with Crippen molar-refractivity contribution in [2.75, 3.05) is 11.9 Å². The number of alkyl halides is 3.